The first kappa shape index (κ1) is 22.8. The molecular weight excluding hydrogens is 353 g/mol. The lowest BCUT2D eigenvalue weighted by Gasteiger charge is -2.03. The van der Waals surface area contributed by atoms with E-state index in [9.17, 15) is 0 Å². The summed E-state index contributed by atoms with van der Waals surface area (Å²) in [6, 6.07) is 0. The van der Waals surface area contributed by atoms with E-state index in [4.69, 9.17) is 0 Å². The summed E-state index contributed by atoms with van der Waals surface area (Å²) in [6.45, 7) is 0. The summed E-state index contributed by atoms with van der Waals surface area (Å²) in [5.41, 5.74) is 0. The Morgan fingerprint density at radius 1 is 0.381 bits per heavy atom. The highest BCUT2D eigenvalue weighted by Gasteiger charge is 1.94. The third-order valence-electron chi connectivity index (χ3n) is 3.05. The summed E-state index contributed by atoms with van der Waals surface area (Å²) in [6.07, 6.45) is 10.9. The van der Waals surface area contributed by atoms with Crippen molar-refractivity contribution in [1.82, 2.24) is 0 Å². The van der Waals surface area contributed by atoms with Gasteiger partial charge in [0.25, 0.3) is 0 Å². The minimum atomic E-state index is 1.05. The van der Waals surface area contributed by atoms with Crippen molar-refractivity contribution in [3.05, 3.63) is 0 Å². The van der Waals surface area contributed by atoms with Gasteiger partial charge < -0.3 is 0 Å². The van der Waals surface area contributed by atoms with E-state index in [-0.39, 0.29) is 0 Å². The summed E-state index contributed by atoms with van der Waals surface area (Å²) in [7, 11) is 0. The maximum Gasteiger partial charge on any atom is -0.00672 e. The molecule has 0 aliphatic heterocycles. The number of unbranched alkanes of at least 4 members (excludes halogenated alkanes) is 4. The summed E-state index contributed by atoms with van der Waals surface area (Å²) in [5, 5.41) is 0. The summed E-state index contributed by atoms with van der Waals surface area (Å²) in [4.78, 5) is 0. The fraction of sp³-hybridized carbons (Fsp3) is 1.00. The zero-order valence-electron chi connectivity index (χ0n) is 13.4. The lowest BCUT2D eigenvalue weighted by Crippen LogP contribution is -1.90. The smallest absolute Gasteiger partial charge is 0.00672 e. The molecule has 0 saturated carbocycles. The Morgan fingerprint density at radius 3 is 0.857 bits per heavy atom. The van der Waals surface area contributed by atoms with Crippen LogP contribution < -0.4 is 0 Å². The van der Waals surface area contributed by atoms with Crippen molar-refractivity contribution in [1.29, 1.82) is 0 Å². The van der Waals surface area contributed by atoms with Crippen molar-refractivity contribution in [3.63, 3.8) is 0 Å². The normalized spacial score (nSPS) is 11.1. The topological polar surface area (TPSA) is 0 Å². The maximum absolute atomic E-state index is 4.24. The Hall–Kier alpha value is 1.75. The van der Waals surface area contributed by atoms with Crippen molar-refractivity contribution in [2.75, 3.05) is 46.0 Å². The largest absolute Gasteiger partial charge is 0.179 e. The van der Waals surface area contributed by atoms with Crippen LogP contribution in [0.2, 0.25) is 0 Å². The summed E-state index contributed by atoms with van der Waals surface area (Å²) < 4.78 is 0. The van der Waals surface area contributed by atoms with Gasteiger partial charge in [0.05, 0.1) is 0 Å². The van der Waals surface area contributed by atoms with Crippen LogP contribution in [0.4, 0.5) is 0 Å². The van der Waals surface area contributed by atoms with Crippen LogP contribution in [0.25, 0.3) is 0 Å². The van der Waals surface area contributed by atoms with E-state index in [1.54, 1.807) is 0 Å². The number of rotatable bonds is 18. The van der Waals surface area contributed by atoms with Gasteiger partial charge in [-0.15, -0.1) is 0 Å². The van der Waals surface area contributed by atoms with E-state index in [1.165, 1.54) is 85.9 Å². The molecule has 0 bridgehead atoms. The Morgan fingerprint density at radius 2 is 0.619 bits per heavy atom. The molecule has 0 aromatic rings. The Balaban J connectivity index is 2.90. The molecule has 21 heavy (non-hydrogen) atoms. The van der Waals surface area contributed by atoms with Gasteiger partial charge in [0.1, 0.15) is 0 Å². The average molecular weight is 387 g/mol. The van der Waals surface area contributed by atoms with Crippen molar-refractivity contribution >= 4 is 60.5 Å². The molecule has 0 nitrogen and oxygen atoms in total. The number of hydrogen-bond donors (Lipinski definition) is 2. The van der Waals surface area contributed by atoms with Crippen LogP contribution in [-0.4, -0.2) is 46.0 Å². The predicted octanol–water partition coefficient (Wildman–Crippen LogP) is 6.17. The molecule has 0 fully saturated rings. The first-order chi connectivity index (χ1) is 10.4. The van der Waals surface area contributed by atoms with Crippen LogP contribution >= 0.6 is 60.5 Å². The number of hydrogen-bond acceptors (Lipinski definition) is 5. The average Bonchev–Trinajstić information content (AvgIpc) is 2.50. The van der Waals surface area contributed by atoms with Crippen LogP contribution in [0, 0.1) is 0 Å². The molecule has 0 radical (unpaired) electrons. The highest BCUT2D eigenvalue weighted by atomic mass is 32.2. The monoisotopic (exact) mass is 386 g/mol. The molecule has 0 aliphatic rings. The predicted molar refractivity (Wildman–Crippen MR) is 117 cm³/mol. The standard InChI is InChI=1S/C16H34S5/c17-9-1-3-11-19-13-5-7-15-21-16-8-6-14-20-12-4-2-10-18/h17-18H,1-16H2. The Labute approximate surface area is 157 Å². The lowest BCUT2D eigenvalue weighted by molar-refractivity contribution is 0.879. The van der Waals surface area contributed by atoms with Gasteiger partial charge in [0, 0.05) is 0 Å². The maximum atomic E-state index is 4.24. The lowest BCUT2D eigenvalue weighted by atomic mass is 10.4. The second kappa shape index (κ2) is 21.8. The molecular formula is C16H34S5. The Kier molecular flexibility index (Phi) is 23.6. The molecule has 0 atom stereocenters. The van der Waals surface area contributed by atoms with Gasteiger partial charge in [-0.25, -0.2) is 0 Å². The fourth-order valence-corrected chi connectivity index (χ4v) is 5.26. The minimum absolute atomic E-state index is 1.05. The van der Waals surface area contributed by atoms with Crippen LogP contribution in [0.3, 0.4) is 0 Å². The van der Waals surface area contributed by atoms with E-state index in [0.717, 1.165) is 11.5 Å². The fourth-order valence-electron chi connectivity index (χ4n) is 1.75. The van der Waals surface area contributed by atoms with Crippen molar-refractivity contribution in [2.24, 2.45) is 0 Å². The number of thioether (sulfide) groups is 3. The third kappa shape index (κ3) is 21.8. The van der Waals surface area contributed by atoms with Gasteiger partial charge in [0.2, 0.25) is 0 Å². The van der Waals surface area contributed by atoms with Crippen LogP contribution in [-0.2, 0) is 0 Å². The highest BCUT2D eigenvalue weighted by Crippen LogP contribution is 2.13. The minimum Gasteiger partial charge on any atom is -0.179 e. The quantitative estimate of drug-likeness (QED) is 0.214. The second-order valence-corrected chi connectivity index (χ2v) is 9.68. The molecule has 0 aromatic heterocycles. The second-order valence-electron chi connectivity index (χ2n) is 5.11. The third-order valence-corrected chi connectivity index (χ3v) is 7.14. The first-order valence-corrected chi connectivity index (χ1v) is 13.1. The van der Waals surface area contributed by atoms with E-state index < -0.39 is 0 Å². The van der Waals surface area contributed by atoms with E-state index in [0.29, 0.717) is 0 Å². The van der Waals surface area contributed by atoms with E-state index in [1.807, 2.05) is 0 Å². The van der Waals surface area contributed by atoms with Crippen LogP contribution in [0.1, 0.15) is 51.4 Å². The van der Waals surface area contributed by atoms with Crippen molar-refractivity contribution in [2.45, 2.75) is 51.4 Å². The van der Waals surface area contributed by atoms with E-state index >= 15 is 0 Å². The molecule has 5 heteroatoms. The van der Waals surface area contributed by atoms with Gasteiger partial charge in [-0.1, -0.05) is 0 Å². The summed E-state index contributed by atoms with van der Waals surface area (Å²) >= 11 is 14.9. The van der Waals surface area contributed by atoms with Gasteiger partial charge in [0.15, 0.2) is 0 Å². The molecule has 0 aliphatic carbocycles. The van der Waals surface area contributed by atoms with Crippen molar-refractivity contribution < 1.29 is 0 Å². The SMILES string of the molecule is SCCCCSCCCCSCCCCSCCCCS. The molecule has 0 N–H and O–H groups in total. The molecule has 0 heterocycles. The zero-order valence-corrected chi connectivity index (χ0v) is 17.7. The van der Waals surface area contributed by atoms with Gasteiger partial charge in [-0.2, -0.15) is 60.5 Å². The van der Waals surface area contributed by atoms with Crippen LogP contribution in [0.15, 0.2) is 0 Å². The number of thiol groups is 2. The van der Waals surface area contributed by atoms with Crippen LogP contribution in [0.5, 0.6) is 0 Å². The van der Waals surface area contributed by atoms with Crippen molar-refractivity contribution in [3.8, 4) is 0 Å². The first-order valence-electron chi connectivity index (χ1n) is 8.36. The molecule has 0 unspecified atom stereocenters. The van der Waals surface area contributed by atoms with Gasteiger partial charge in [-0.05, 0) is 97.4 Å². The van der Waals surface area contributed by atoms with E-state index in [2.05, 4.69) is 60.5 Å². The Bertz CT molecular complexity index is 160. The summed E-state index contributed by atoms with van der Waals surface area (Å²) in [5.74, 6) is 10.2. The molecule has 0 spiro atoms. The zero-order chi connectivity index (χ0) is 15.4. The molecule has 0 aromatic carbocycles. The molecule has 0 saturated heterocycles. The van der Waals surface area contributed by atoms with Gasteiger partial charge in [-0.3, -0.25) is 0 Å². The van der Waals surface area contributed by atoms with Gasteiger partial charge >= 0.3 is 0 Å². The highest BCUT2D eigenvalue weighted by molar-refractivity contribution is 7.99. The molecule has 0 rings (SSSR count). The molecule has 128 valence electrons. The molecule has 0 amide bonds.